The topological polar surface area (TPSA) is 47.6 Å². The van der Waals surface area contributed by atoms with E-state index in [0.29, 0.717) is 13.0 Å². The summed E-state index contributed by atoms with van der Waals surface area (Å²) in [4.78, 5) is 10.6. The van der Waals surface area contributed by atoms with Crippen molar-refractivity contribution in [3.63, 3.8) is 0 Å². The normalized spacial score (nSPS) is 10.0. The van der Waals surface area contributed by atoms with E-state index < -0.39 is 0 Å². The monoisotopic (exact) mass is 223 g/mol. The molecule has 0 spiro atoms. The zero-order valence-corrected chi connectivity index (χ0v) is 10.1. The van der Waals surface area contributed by atoms with Crippen LogP contribution in [0.1, 0.15) is 16.7 Å². The first-order chi connectivity index (χ1) is 7.65. The zero-order chi connectivity index (χ0) is 12.1. The molecule has 1 N–H and O–H groups in total. The van der Waals surface area contributed by atoms with Crippen molar-refractivity contribution < 1.29 is 14.3 Å². The van der Waals surface area contributed by atoms with Gasteiger partial charge in [-0.3, -0.25) is 4.79 Å². The molecule has 1 aromatic rings. The molecule has 4 heteroatoms. The van der Waals surface area contributed by atoms with Crippen molar-refractivity contribution in [3.8, 4) is 5.75 Å². The first-order valence-corrected chi connectivity index (χ1v) is 5.01. The van der Waals surface area contributed by atoms with Gasteiger partial charge in [0, 0.05) is 18.4 Å². The average molecular weight is 223 g/mol. The molecule has 0 fully saturated rings. The molecule has 0 aromatic heterocycles. The van der Waals surface area contributed by atoms with Gasteiger partial charge in [0.1, 0.15) is 5.75 Å². The van der Waals surface area contributed by atoms with Gasteiger partial charge in [-0.15, -0.1) is 0 Å². The Labute approximate surface area is 95.6 Å². The maximum atomic E-state index is 10.6. The van der Waals surface area contributed by atoms with Crippen LogP contribution in [0, 0.1) is 13.8 Å². The summed E-state index contributed by atoms with van der Waals surface area (Å²) in [5.41, 5.74) is 3.70. The van der Waals surface area contributed by atoms with Crippen LogP contribution in [0.2, 0.25) is 0 Å². The zero-order valence-electron chi connectivity index (χ0n) is 10.1. The molecule has 1 aromatic carbocycles. The van der Waals surface area contributed by atoms with Gasteiger partial charge in [-0.05, 0) is 31.0 Å². The fourth-order valence-corrected chi connectivity index (χ4v) is 1.75. The molecule has 0 bridgehead atoms. The number of methoxy groups -OCH3 is 2. The third-order valence-electron chi connectivity index (χ3n) is 2.58. The molecule has 4 nitrogen and oxygen atoms in total. The van der Waals surface area contributed by atoms with Crippen molar-refractivity contribution in [1.29, 1.82) is 0 Å². The number of ether oxygens (including phenoxy) is 2. The third-order valence-corrected chi connectivity index (χ3v) is 2.58. The van der Waals surface area contributed by atoms with E-state index in [0.717, 1.165) is 28.1 Å². The van der Waals surface area contributed by atoms with Gasteiger partial charge < -0.3 is 14.8 Å². The minimum atomic E-state index is 0.444. The lowest BCUT2D eigenvalue weighted by Gasteiger charge is -2.17. The number of aryl methyl sites for hydroxylation is 1. The van der Waals surface area contributed by atoms with Crippen molar-refractivity contribution >= 4 is 12.1 Å². The Morgan fingerprint density at radius 2 is 2.06 bits per heavy atom. The molecule has 0 unspecified atom stereocenters. The molecule has 0 aliphatic heterocycles. The number of hydrogen-bond donors (Lipinski definition) is 1. The molecule has 0 radical (unpaired) electrons. The Hall–Kier alpha value is -1.55. The lowest BCUT2D eigenvalue weighted by Crippen LogP contribution is -2.06. The highest BCUT2D eigenvalue weighted by Crippen LogP contribution is 2.32. The molecular formula is C12H17NO3. The van der Waals surface area contributed by atoms with E-state index in [1.807, 2.05) is 19.9 Å². The van der Waals surface area contributed by atoms with Crippen LogP contribution in [-0.4, -0.2) is 20.6 Å². The average Bonchev–Trinajstić information content (AvgIpc) is 2.28. The summed E-state index contributed by atoms with van der Waals surface area (Å²) < 4.78 is 10.4. The number of carbonyl (C=O) groups excluding carboxylic acids is 1. The molecule has 88 valence electrons. The SMILES string of the molecule is COCc1c(C)c(OC)cc(C)c1NC=O. The van der Waals surface area contributed by atoms with E-state index >= 15 is 0 Å². The second kappa shape index (κ2) is 5.51. The van der Waals surface area contributed by atoms with Crippen LogP contribution in [0.4, 0.5) is 5.69 Å². The lowest BCUT2D eigenvalue weighted by molar-refractivity contribution is -0.105. The smallest absolute Gasteiger partial charge is 0.211 e. The second-order valence-corrected chi connectivity index (χ2v) is 3.57. The molecule has 0 atom stereocenters. The molecule has 0 saturated heterocycles. The molecule has 0 heterocycles. The van der Waals surface area contributed by atoms with E-state index in [1.54, 1.807) is 14.2 Å². The van der Waals surface area contributed by atoms with E-state index in [1.165, 1.54) is 0 Å². The van der Waals surface area contributed by atoms with Crippen molar-refractivity contribution in [2.75, 3.05) is 19.5 Å². The highest BCUT2D eigenvalue weighted by atomic mass is 16.5. The predicted octanol–water partition coefficient (Wildman–Crippen LogP) is 2.03. The van der Waals surface area contributed by atoms with E-state index in [-0.39, 0.29) is 0 Å². The van der Waals surface area contributed by atoms with Crippen LogP contribution in [-0.2, 0) is 16.1 Å². The Balaban J connectivity index is 3.34. The van der Waals surface area contributed by atoms with Crippen molar-refractivity contribution in [2.45, 2.75) is 20.5 Å². The Kier molecular flexibility index (Phi) is 4.31. The highest BCUT2D eigenvalue weighted by Gasteiger charge is 2.13. The van der Waals surface area contributed by atoms with E-state index in [9.17, 15) is 4.79 Å². The van der Waals surface area contributed by atoms with Gasteiger partial charge in [0.05, 0.1) is 13.7 Å². The summed E-state index contributed by atoms with van der Waals surface area (Å²) in [7, 11) is 3.25. The molecule has 0 saturated carbocycles. The number of benzene rings is 1. The van der Waals surface area contributed by atoms with Crippen LogP contribution in [0.3, 0.4) is 0 Å². The number of amides is 1. The van der Waals surface area contributed by atoms with Crippen LogP contribution < -0.4 is 10.1 Å². The van der Waals surface area contributed by atoms with Gasteiger partial charge in [-0.25, -0.2) is 0 Å². The summed E-state index contributed by atoms with van der Waals surface area (Å²) in [5.74, 6) is 0.806. The molecular weight excluding hydrogens is 206 g/mol. The quantitative estimate of drug-likeness (QED) is 0.777. The van der Waals surface area contributed by atoms with Gasteiger partial charge in [-0.1, -0.05) is 0 Å². The van der Waals surface area contributed by atoms with E-state index in [2.05, 4.69) is 5.32 Å². The summed E-state index contributed by atoms with van der Waals surface area (Å²) in [6.45, 7) is 4.32. The second-order valence-electron chi connectivity index (χ2n) is 3.57. The molecule has 1 rings (SSSR count). The minimum Gasteiger partial charge on any atom is -0.496 e. The summed E-state index contributed by atoms with van der Waals surface area (Å²) >= 11 is 0. The fraction of sp³-hybridized carbons (Fsp3) is 0.417. The Morgan fingerprint density at radius 1 is 1.38 bits per heavy atom. The lowest BCUT2D eigenvalue weighted by atomic mass is 10.0. The van der Waals surface area contributed by atoms with Crippen molar-refractivity contribution in [1.82, 2.24) is 0 Å². The van der Waals surface area contributed by atoms with Crippen LogP contribution in [0.25, 0.3) is 0 Å². The number of carbonyl (C=O) groups is 1. The third kappa shape index (κ3) is 2.33. The number of anilines is 1. The highest BCUT2D eigenvalue weighted by molar-refractivity contribution is 5.77. The van der Waals surface area contributed by atoms with Gasteiger partial charge in [0.25, 0.3) is 0 Å². The standard InChI is InChI=1S/C12H17NO3/c1-8-5-11(16-4)9(2)10(6-15-3)12(8)13-7-14/h5,7H,6H2,1-4H3,(H,13,14). The van der Waals surface area contributed by atoms with Gasteiger partial charge >= 0.3 is 0 Å². The summed E-state index contributed by atoms with van der Waals surface area (Å²) in [6, 6.07) is 1.90. The van der Waals surface area contributed by atoms with E-state index in [4.69, 9.17) is 9.47 Å². The number of nitrogens with one attached hydrogen (secondary N) is 1. The molecule has 16 heavy (non-hydrogen) atoms. The van der Waals surface area contributed by atoms with Crippen LogP contribution in [0.5, 0.6) is 5.75 Å². The first-order valence-electron chi connectivity index (χ1n) is 5.01. The largest absolute Gasteiger partial charge is 0.496 e. The van der Waals surface area contributed by atoms with Crippen molar-refractivity contribution in [3.05, 3.63) is 22.8 Å². The molecule has 0 aliphatic rings. The van der Waals surface area contributed by atoms with Crippen molar-refractivity contribution in [2.24, 2.45) is 0 Å². The van der Waals surface area contributed by atoms with Gasteiger partial charge in [-0.2, -0.15) is 0 Å². The Bertz CT molecular complexity index is 388. The molecule has 1 amide bonds. The molecule has 0 aliphatic carbocycles. The first kappa shape index (κ1) is 12.5. The predicted molar refractivity (Wildman–Crippen MR) is 62.9 cm³/mol. The Morgan fingerprint density at radius 3 is 2.56 bits per heavy atom. The summed E-state index contributed by atoms with van der Waals surface area (Å²) in [6.07, 6.45) is 0.674. The summed E-state index contributed by atoms with van der Waals surface area (Å²) in [5, 5.41) is 2.71. The minimum absolute atomic E-state index is 0.444. The van der Waals surface area contributed by atoms with Gasteiger partial charge in [0.2, 0.25) is 6.41 Å². The van der Waals surface area contributed by atoms with Crippen LogP contribution in [0.15, 0.2) is 6.07 Å². The number of rotatable bonds is 5. The maximum Gasteiger partial charge on any atom is 0.211 e. The van der Waals surface area contributed by atoms with Crippen LogP contribution >= 0.6 is 0 Å². The van der Waals surface area contributed by atoms with Gasteiger partial charge in [0.15, 0.2) is 0 Å². The fourth-order valence-electron chi connectivity index (χ4n) is 1.75. The maximum absolute atomic E-state index is 10.6. The number of hydrogen-bond acceptors (Lipinski definition) is 3.